The van der Waals surface area contributed by atoms with Crippen LogP contribution in [0.15, 0.2) is 267 Å². The number of hydrogen-bond acceptors (Lipinski definition) is 6. The van der Waals surface area contributed by atoms with E-state index in [9.17, 15) is 10.2 Å². The minimum absolute atomic E-state index is 0.0332. The number of hydrogen-bond donors (Lipinski definition) is 2. The molecule has 12 aliphatic rings. The lowest BCUT2D eigenvalue weighted by Gasteiger charge is -2.55. The number of aliphatic hydroxyl groups excluding tert-OH is 2. The molecule has 0 unspecified atom stereocenters. The molecule has 104 heavy (non-hydrogen) atoms. The predicted molar refractivity (Wildman–Crippen MR) is 418 cm³/mol. The number of aliphatic hydroxyl groups is 2. The molecule has 0 radical (unpaired) electrons. The van der Waals surface area contributed by atoms with Gasteiger partial charge >= 0.3 is 0 Å². The second-order valence-corrected chi connectivity index (χ2v) is 30.7. The molecule has 0 aromatic heterocycles. The predicted octanol–water partition coefficient (Wildman–Crippen LogP) is 20.1. The Balaban J connectivity index is 0.792. The average Bonchev–Trinajstić information content (AvgIpc) is 0.655. The molecule has 0 aliphatic heterocycles. The first-order chi connectivity index (χ1) is 51.4. The van der Waals surface area contributed by atoms with Gasteiger partial charge in [-0.1, -0.05) is 170 Å². The van der Waals surface area contributed by atoms with Crippen molar-refractivity contribution in [1.82, 2.24) is 0 Å². The van der Waals surface area contributed by atoms with Gasteiger partial charge in [0.1, 0.15) is 0 Å². The largest absolute Gasteiger partial charge is 0.394 e. The molecule has 28 rings (SSSR count). The van der Waals surface area contributed by atoms with Crippen LogP contribution in [-0.4, -0.2) is 76.3 Å². The third-order valence-corrected chi connectivity index (χ3v) is 25.8. The zero-order valence-corrected chi connectivity index (χ0v) is 57.5. The molecule has 0 saturated carbocycles. The van der Waals surface area contributed by atoms with Gasteiger partial charge in [-0.3, -0.25) is 0 Å². The van der Waals surface area contributed by atoms with Gasteiger partial charge in [0.05, 0.1) is 76.9 Å². The fourth-order valence-corrected chi connectivity index (χ4v) is 21.7. The molecule has 0 heterocycles. The third kappa shape index (κ3) is 8.21. The van der Waals surface area contributed by atoms with Gasteiger partial charge in [-0.05, 0) is 295 Å². The highest BCUT2D eigenvalue weighted by atomic mass is 16.5. The molecule has 4 atom stereocenters. The van der Waals surface area contributed by atoms with Gasteiger partial charge in [0.2, 0.25) is 0 Å². The van der Waals surface area contributed by atoms with Crippen molar-refractivity contribution in [2.75, 3.05) is 66.1 Å². The van der Waals surface area contributed by atoms with Crippen LogP contribution in [0.4, 0.5) is 0 Å². The molecule has 500 valence electrons. The Hall–Kier alpha value is -10.6. The summed E-state index contributed by atoms with van der Waals surface area (Å²) in [5.74, 6) is -0.333. The van der Waals surface area contributed by atoms with Crippen molar-refractivity contribution in [3.05, 3.63) is 378 Å². The maximum atomic E-state index is 9.89. The van der Waals surface area contributed by atoms with Crippen molar-refractivity contribution < 1.29 is 29.2 Å². The van der Waals surface area contributed by atoms with Gasteiger partial charge in [-0.2, -0.15) is 0 Å². The Morgan fingerprint density at radius 1 is 0.202 bits per heavy atom. The summed E-state index contributed by atoms with van der Waals surface area (Å²) in [6.07, 6.45) is 0. The van der Waals surface area contributed by atoms with Crippen LogP contribution in [0.3, 0.4) is 0 Å². The molecule has 0 saturated heterocycles. The van der Waals surface area contributed by atoms with Gasteiger partial charge in [0, 0.05) is 35.5 Å². The monoisotopic (exact) mass is 1340 g/mol. The molecule has 6 nitrogen and oxygen atoms in total. The number of benzene rings is 16. The van der Waals surface area contributed by atoms with E-state index in [0.717, 1.165) is 0 Å². The zero-order chi connectivity index (χ0) is 68.3. The fraction of sp³-hybridized carbons (Fsp3) is 0.184. The Morgan fingerprint density at radius 3 is 0.692 bits per heavy atom. The van der Waals surface area contributed by atoms with E-state index in [2.05, 4.69) is 267 Å². The highest BCUT2D eigenvalue weighted by Gasteiger charge is 2.58. The van der Waals surface area contributed by atoms with Crippen LogP contribution in [-0.2, 0) is 29.8 Å². The van der Waals surface area contributed by atoms with E-state index in [1.165, 1.54) is 197 Å². The highest BCUT2D eigenvalue weighted by Crippen LogP contribution is 2.70. The van der Waals surface area contributed by atoms with Crippen LogP contribution in [0.1, 0.15) is 147 Å². The molecule has 12 aliphatic carbocycles. The van der Waals surface area contributed by atoms with Crippen molar-refractivity contribution >= 4 is 86.2 Å². The standard InChI is InChI=1S/C98H72O6/c99-25-27-101-29-31-103-53-97-85-45-67-37-59-17-5-1-13-55(59)33-63(67)41-79(85)91(80-42-64-34-56-14-2-6-18-60(56)38-68(64)46-86(80)97)83-49-75-77(51-89(83)97)95-73-23-11-9-21-71(73)93(75)94-72-22-10-12-24-74(72)96(95)78-52-90-84(50-76(78)94)92-81-43-65-35-57-15-3-7-19-61(57)39-69(65)47-87(81)98(90,54-104-32-30-102-28-26-100)88-48-70-40-62-20-8-4-16-58(62)36-66(70)44-82(88)92/h1-24,33-52,91-96,99-100H,25-32,53-54H2/t91?,92?,93-,94-,95+,96+,97?,98?/m0/s1. The molecule has 0 spiro atoms. The van der Waals surface area contributed by atoms with Crippen LogP contribution in [0.2, 0.25) is 0 Å². The number of ether oxygens (including phenoxy) is 4. The first kappa shape index (κ1) is 59.8. The smallest absolute Gasteiger partial charge is 0.0701 e. The lowest BCUT2D eigenvalue weighted by atomic mass is 9.48. The van der Waals surface area contributed by atoms with Gasteiger partial charge in [0.15, 0.2) is 0 Å². The lowest BCUT2D eigenvalue weighted by Crippen LogP contribution is -2.47. The topological polar surface area (TPSA) is 77.4 Å². The summed E-state index contributed by atoms with van der Waals surface area (Å²) in [6.45, 7) is 2.77. The van der Waals surface area contributed by atoms with Crippen LogP contribution >= 0.6 is 0 Å². The fourth-order valence-electron chi connectivity index (χ4n) is 21.7. The molecule has 2 N–H and O–H groups in total. The Labute approximate surface area is 602 Å². The quantitative estimate of drug-likeness (QED) is 0.0834. The third-order valence-electron chi connectivity index (χ3n) is 25.8. The van der Waals surface area contributed by atoms with E-state index in [4.69, 9.17) is 18.9 Å². The maximum Gasteiger partial charge on any atom is 0.0701 e. The SMILES string of the molecule is OCCOCCOCC12c3cc4c(cc3C(c3cc5cc6ccccc6cc5cc31)c1cc3cc5ccccc5cc3cc12)[C@@H]1c2ccccc2[C@H]4[C@@H]2c3ccccc3[C@H]1c1cc3c(cc12)C1(COCCOCCO)c2cc4cc5ccccc5cc4cc2C3c2cc3cc4ccccc4cc3cc21. The van der Waals surface area contributed by atoms with Gasteiger partial charge < -0.3 is 29.2 Å². The highest BCUT2D eigenvalue weighted by molar-refractivity contribution is 6.05. The van der Waals surface area contributed by atoms with Crippen LogP contribution in [0, 0.1) is 0 Å². The summed E-state index contributed by atoms with van der Waals surface area (Å²) in [5, 5.41) is 39.5. The summed E-state index contributed by atoms with van der Waals surface area (Å²) < 4.78 is 26.5. The van der Waals surface area contributed by atoms with Crippen LogP contribution < -0.4 is 0 Å². The van der Waals surface area contributed by atoms with Crippen molar-refractivity contribution in [2.24, 2.45) is 0 Å². The summed E-state index contributed by atoms with van der Waals surface area (Å²) >= 11 is 0. The van der Waals surface area contributed by atoms with E-state index in [-0.39, 0.29) is 61.9 Å². The van der Waals surface area contributed by atoms with Crippen molar-refractivity contribution in [2.45, 2.75) is 46.3 Å². The van der Waals surface area contributed by atoms with Gasteiger partial charge in [-0.15, -0.1) is 0 Å². The van der Waals surface area contributed by atoms with Crippen LogP contribution in [0.5, 0.6) is 0 Å². The van der Waals surface area contributed by atoms with Crippen molar-refractivity contribution in [1.29, 1.82) is 0 Å². The Kier molecular flexibility index (Phi) is 12.9. The minimum atomic E-state index is -0.738. The minimum Gasteiger partial charge on any atom is -0.394 e. The molecular weight excluding hydrogens is 1270 g/mol. The molecular formula is C98H72O6. The van der Waals surface area contributed by atoms with Crippen LogP contribution in [0.25, 0.3) is 86.2 Å². The number of rotatable bonds is 14. The first-order valence-corrected chi connectivity index (χ1v) is 37.4. The van der Waals surface area contributed by atoms with Gasteiger partial charge in [0.25, 0.3) is 0 Å². The summed E-state index contributed by atoms with van der Waals surface area (Å²) in [6, 6.07) is 105. The number of fused-ring (bicyclic) bond motifs is 8. The van der Waals surface area contributed by atoms with E-state index < -0.39 is 10.8 Å². The second-order valence-electron chi connectivity index (χ2n) is 30.7. The summed E-state index contributed by atoms with van der Waals surface area (Å²) in [4.78, 5) is 0. The van der Waals surface area contributed by atoms with E-state index in [0.29, 0.717) is 39.6 Å². The summed E-state index contributed by atoms with van der Waals surface area (Å²) in [7, 11) is 0. The summed E-state index contributed by atoms with van der Waals surface area (Å²) in [5.41, 5.74) is 26.0. The van der Waals surface area contributed by atoms with E-state index in [1.807, 2.05) is 0 Å². The Morgan fingerprint density at radius 2 is 0.423 bits per heavy atom. The maximum absolute atomic E-state index is 9.89. The Bertz CT molecular complexity index is 5800. The normalized spacial score (nSPS) is 21.2. The second kappa shape index (κ2) is 22.4. The molecule has 0 amide bonds. The average molecular weight is 1350 g/mol. The first-order valence-electron chi connectivity index (χ1n) is 37.4. The molecule has 0 fully saturated rings. The molecule has 16 aromatic carbocycles. The van der Waals surface area contributed by atoms with Crippen molar-refractivity contribution in [3.8, 4) is 0 Å². The molecule has 8 bridgehead atoms. The lowest BCUT2D eigenvalue weighted by molar-refractivity contribution is 0.0238. The van der Waals surface area contributed by atoms with Gasteiger partial charge in [-0.25, -0.2) is 0 Å². The molecule has 16 aromatic rings. The van der Waals surface area contributed by atoms with Crippen molar-refractivity contribution in [3.63, 3.8) is 0 Å². The van der Waals surface area contributed by atoms with E-state index in [1.54, 1.807) is 0 Å². The zero-order valence-electron chi connectivity index (χ0n) is 57.5. The van der Waals surface area contributed by atoms with E-state index >= 15 is 0 Å². The molecule has 6 heteroatoms.